The van der Waals surface area contributed by atoms with Gasteiger partial charge < -0.3 is 0 Å². The van der Waals surface area contributed by atoms with Gasteiger partial charge in [0.05, 0.1) is 0 Å². The molecule has 0 aliphatic heterocycles. The largest absolute Gasteiger partial charge is 0.282 e. The van der Waals surface area contributed by atoms with Gasteiger partial charge in [-0.15, -0.1) is 10.2 Å². The Morgan fingerprint density at radius 1 is 1.20 bits per heavy atom. The first-order valence-electron chi connectivity index (χ1n) is 7.86. The van der Waals surface area contributed by atoms with Gasteiger partial charge in [-0.2, -0.15) is 0 Å². The highest BCUT2D eigenvalue weighted by atomic mass is 32.1. The van der Waals surface area contributed by atoms with E-state index < -0.39 is 0 Å². The number of carbonyl (C=O) groups is 1. The molecular weight excluding hydrogens is 339 g/mol. The zero-order valence-electron chi connectivity index (χ0n) is 13.9. The number of anilines is 1. The van der Waals surface area contributed by atoms with Crippen LogP contribution in [0, 0.1) is 11.7 Å². The van der Waals surface area contributed by atoms with E-state index in [4.69, 9.17) is 0 Å². The molecule has 0 saturated carbocycles. The van der Waals surface area contributed by atoms with Crippen molar-refractivity contribution in [1.82, 2.24) is 15.2 Å². The van der Waals surface area contributed by atoms with Crippen molar-refractivity contribution in [2.45, 2.75) is 13.8 Å². The third-order valence-electron chi connectivity index (χ3n) is 3.44. The van der Waals surface area contributed by atoms with E-state index in [2.05, 4.69) is 15.2 Å². The summed E-state index contributed by atoms with van der Waals surface area (Å²) in [5.41, 5.74) is 1.27. The van der Waals surface area contributed by atoms with Crippen LogP contribution in [0.25, 0.3) is 10.6 Å². The van der Waals surface area contributed by atoms with E-state index in [1.165, 1.54) is 35.6 Å². The maximum Gasteiger partial charge on any atom is 0.260 e. The van der Waals surface area contributed by atoms with Gasteiger partial charge in [-0.3, -0.25) is 14.7 Å². The monoisotopic (exact) mass is 356 g/mol. The maximum atomic E-state index is 13.1. The van der Waals surface area contributed by atoms with Crippen LogP contribution >= 0.6 is 11.3 Å². The first kappa shape index (κ1) is 17.2. The minimum absolute atomic E-state index is 0.220. The number of halogens is 1. The second-order valence-corrected chi connectivity index (χ2v) is 6.90. The Morgan fingerprint density at radius 3 is 2.60 bits per heavy atom. The molecule has 1 aromatic carbocycles. The highest BCUT2D eigenvalue weighted by molar-refractivity contribution is 7.18. The van der Waals surface area contributed by atoms with Crippen LogP contribution in [0.1, 0.15) is 24.2 Å². The van der Waals surface area contributed by atoms with Crippen LogP contribution in [0.3, 0.4) is 0 Å². The number of carbonyl (C=O) groups excluding carboxylic acids is 1. The number of rotatable bonds is 5. The molecule has 128 valence electrons. The number of hydrogen-bond donors (Lipinski definition) is 0. The molecule has 7 heteroatoms. The summed E-state index contributed by atoms with van der Waals surface area (Å²) in [6, 6.07) is 9.24. The standard InChI is InChI=1S/C18H17FN4OS/c1-12(2)11-23(17(24)13-5-7-15(19)8-6-13)18-22-21-16(25-18)14-4-3-9-20-10-14/h3-10,12H,11H2,1-2H3. The average Bonchev–Trinajstić information content (AvgIpc) is 3.10. The normalized spacial score (nSPS) is 10.9. The van der Waals surface area contributed by atoms with Gasteiger partial charge >= 0.3 is 0 Å². The van der Waals surface area contributed by atoms with E-state index in [1.54, 1.807) is 17.3 Å². The van der Waals surface area contributed by atoms with Crippen molar-refractivity contribution in [1.29, 1.82) is 0 Å². The molecule has 0 aliphatic carbocycles. The summed E-state index contributed by atoms with van der Waals surface area (Å²) >= 11 is 1.33. The van der Waals surface area contributed by atoms with Crippen molar-refractivity contribution in [2.75, 3.05) is 11.4 Å². The van der Waals surface area contributed by atoms with Gasteiger partial charge in [0.2, 0.25) is 5.13 Å². The lowest BCUT2D eigenvalue weighted by Gasteiger charge is -2.21. The van der Waals surface area contributed by atoms with Crippen LogP contribution < -0.4 is 4.90 Å². The lowest BCUT2D eigenvalue weighted by Crippen LogP contribution is -2.34. The predicted molar refractivity (Wildman–Crippen MR) is 96.1 cm³/mol. The fourth-order valence-electron chi connectivity index (χ4n) is 2.29. The second-order valence-electron chi connectivity index (χ2n) is 5.95. The fraction of sp³-hybridized carbons (Fsp3) is 0.222. The number of benzene rings is 1. The maximum absolute atomic E-state index is 13.1. The van der Waals surface area contributed by atoms with E-state index in [-0.39, 0.29) is 17.6 Å². The second kappa shape index (κ2) is 7.48. The van der Waals surface area contributed by atoms with Crippen molar-refractivity contribution in [3.8, 4) is 10.6 Å². The average molecular weight is 356 g/mol. The Balaban J connectivity index is 1.92. The lowest BCUT2D eigenvalue weighted by molar-refractivity contribution is 0.0983. The molecule has 2 heterocycles. The molecule has 0 aliphatic rings. The van der Waals surface area contributed by atoms with Gasteiger partial charge in [-0.25, -0.2) is 4.39 Å². The molecule has 0 radical (unpaired) electrons. The highest BCUT2D eigenvalue weighted by Crippen LogP contribution is 2.29. The van der Waals surface area contributed by atoms with Crippen molar-refractivity contribution >= 4 is 22.4 Å². The molecular formula is C18H17FN4OS. The summed E-state index contributed by atoms with van der Waals surface area (Å²) in [4.78, 5) is 18.5. The van der Waals surface area contributed by atoms with E-state index in [1.807, 2.05) is 26.0 Å². The third-order valence-corrected chi connectivity index (χ3v) is 4.43. The van der Waals surface area contributed by atoms with Gasteiger partial charge in [0.15, 0.2) is 5.01 Å². The molecule has 0 saturated heterocycles. The summed E-state index contributed by atoms with van der Waals surface area (Å²) in [5, 5.41) is 9.57. The Morgan fingerprint density at radius 2 is 1.96 bits per heavy atom. The zero-order chi connectivity index (χ0) is 17.8. The molecule has 0 unspecified atom stereocenters. The van der Waals surface area contributed by atoms with Crippen LogP contribution in [0.15, 0.2) is 48.8 Å². The van der Waals surface area contributed by atoms with Gasteiger partial charge in [-0.05, 0) is 42.3 Å². The van der Waals surface area contributed by atoms with Crippen molar-refractivity contribution < 1.29 is 9.18 Å². The number of hydrogen-bond acceptors (Lipinski definition) is 5. The molecule has 5 nitrogen and oxygen atoms in total. The van der Waals surface area contributed by atoms with Crippen LogP contribution in [-0.2, 0) is 0 Å². The van der Waals surface area contributed by atoms with Gasteiger partial charge in [0, 0.05) is 30.1 Å². The van der Waals surface area contributed by atoms with E-state index in [0.717, 1.165) is 5.56 Å². The molecule has 0 spiro atoms. The van der Waals surface area contributed by atoms with E-state index in [0.29, 0.717) is 22.2 Å². The first-order chi connectivity index (χ1) is 12.0. The zero-order valence-corrected chi connectivity index (χ0v) is 14.7. The van der Waals surface area contributed by atoms with E-state index >= 15 is 0 Å². The Bertz CT molecular complexity index is 849. The predicted octanol–water partition coefficient (Wildman–Crippen LogP) is 4.04. The molecule has 3 rings (SSSR count). The summed E-state index contributed by atoms with van der Waals surface area (Å²) in [7, 11) is 0. The minimum atomic E-state index is -0.373. The van der Waals surface area contributed by atoms with E-state index in [9.17, 15) is 9.18 Å². The van der Waals surface area contributed by atoms with Gasteiger partial charge in [-0.1, -0.05) is 25.2 Å². The summed E-state index contributed by atoms with van der Waals surface area (Å²) in [5.74, 6) is -0.348. The minimum Gasteiger partial charge on any atom is -0.282 e. The molecule has 0 N–H and O–H groups in total. The highest BCUT2D eigenvalue weighted by Gasteiger charge is 2.23. The molecule has 25 heavy (non-hydrogen) atoms. The first-order valence-corrected chi connectivity index (χ1v) is 8.67. The van der Waals surface area contributed by atoms with Crippen LogP contribution in [0.2, 0.25) is 0 Å². The smallest absolute Gasteiger partial charge is 0.260 e. The fourth-order valence-corrected chi connectivity index (χ4v) is 3.13. The Labute approximate surface area is 149 Å². The number of amides is 1. The van der Waals surface area contributed by atoms with Crippen molar-refractivity contribution in [3.05, 3.63) is 60.2 Å². The summed E-state index contributed by atoms with van der Waals surface area (Å²) in [6.45, 7) is 4.54. The SMILES string of the molecule is CC(C)CN(C(=O)c1ccc(F)cc1)c1nnc(-c2cccnc2)s1. The summed E-state index contributed by atoms with van der Waals surface area (Å²) in [6.07, 6.45) is 3.40. The van der Waals surface area contributed by atoms with Crippen molar-refractivity contribution in [2.24, 2.45) is 5.92 Å². The molecule has 1 amide bonds. The topological polar surface area (TPSA) is 59.0 Å². The quantitative estimate of drug-likeness (QED) is 0.692. The van der Waals surface area contributed by atoms with Gasteiger partial charge in [0.1, 0.15) is 5.82 Å². The number of pyridine rings is 1. The van der Waals surface area contributed by atoms with Gasteiger partial charge in [0.25, 0.3) is 5.91 Å². The number of nitrogens with zero attached hydrogens (tertiary/aromatic N) is 4. The third kappa shape index (κ3) is 4.06. The van der Waals surface area contributed by atoms with Crippen LogP contribution in [0.4, 0.5) is 9.52 Å². The molecule has 0 atom stereocenters. The van der Waals surface area contributed by atoms with Crippen LogP contribution in [-0.4, -0.2) is 27.6 Å². The molecule has 3 aromatic rings. The van der Waals surface area contributed by atoms with Crippen LogP contribution in [0.5, 0.6) is 0 Å². The van der Waals surface area contributed by atoms with Crippen molar-refractivity contribution in [3.63, 3.8) is 0 Å². The molecule has 2 aromatic heterocycles. The number of aromatic nitrogens is 3. The Kier molecular flexibility index (Phi) is 5.14. The summed E-state index contributed by atoms with van der Waals surface area (Å²) < 4.78 is 13.1. The Hall–Kier alpha value is -2.67. The lowest BCUT2D eigenvalue weighted by atomic mass is 10.1. The molecule has 0 fully saturated rings. The molecule has 0 bridgehead atoms.